The summed E-state index contributed by atoms with van der Waals surface area (Å²) in [7, 11) is 1.61. The lowest BCUT2D eigenvalue weighted by Crippen LogP contribution is -2.38. The number of halogens is 2. The third-order valence-corrected chi connectivity index (χ3v) is 4.73. The van der Waals surface area contributed by atoms with Crippen molar-refractivity contribution in [2.24, 2.45) is 11.8 Å². The van der Waals surface area contributed by atoms with Crippen LogP contribution < -0.4 is 0 Å². The number of amides is 1. The predicted octanol–water partition coefficient (Wildman–Crippen LogP) is 3.38. The highest BCUT2D eigenvalue weighted by atomic mass is 19.2. The van der Waals surface area contributed by atoms with Crippen LogP contribution in [0.1, 0.15) is 44.2 Å². The molecule has 1 aromatic rings. The monoisotopic (exact) mass is 325 g/mol. The summed E-state index contributed by atoms with van der Waals surface area (Å²) in [5, 5.41) is 9.12. The fourth-order valence-electron chi connectivity index (χ4n) is 3.11. The summed E-state index contributed by atoms with van der Waals surface area (Å²) in [4.78, 5) is 25.2. The molecule has 1 saturated carbocycles. The second-order valence-corrected chi connectivity index (χ2v) is 6.20. The molecular formula is C17H21F2NO3. The van der Waals surface area contributed by atoms with Crippen molar-refractivity contribution < 1.29 is 23.5 Å². The molecule has 0 saturated heterocycles. The second-order valence-electron chi connectivity index (χ2n) is 6.20. The molecule has 0 spiro atoms. The minimum Gasteiger partial charge on any atom is -0.481 e. The first-order valence-electron chi connectivity index (χ1n) is 7.75. The van der Waals surface area contributed by atoms with E-state index in [1.165, 1.54) is 11.0 Å². The quantitative estimate of drug-likeness (QED) is 0.923. The number of carbonyl (C=O) groups is 2. The molecule has 0 bridgehead atoms. The fraction of sp³-hybridized carbons (Fsp3) is 0.529. The molecule has 1 fully saturated rings. The molecule has 4 nitrogen and oxygen atoms in total. The van der Waals surface area contributed by atoms with E-state index in [2.05, 4.69) is 0 Å². The SMILES string of the molecule is CC(c1ccc(F)c(F)c1)N(C)C(=O)C1CCCC(C(=O)O)C1. The van der Waals surface area contributed by atoms with Gasteiger partial charge < -0.3 is 10.0 Å². The van der Waals surface area contributed by atoms with Gasteiger partial charge in [-0.05, 0) is 43.9 Å². The molecule has 126 valence electrons. The number of nitrogens with zero attached hydrogens (tertiary/aromatic N) is 1. The van der Waals surface area contributed by atoms with Gasteiger partial charge in [0.05, 0.1) is 12.0 Å². The van der Waals surface area contributed by atoms with E-state index in [1.54, 1.807) is 14.0 Å². The predicted molar refractivity (Wildman–Crippen MR) is 80.6 cm³/mol. The molecule has 23 heavy (non-hydrogen) atoms. The number of benzene rings is 1. The van der Waals surface area contributed by atoms with Crippen molar-refractivity contribution in [2.75, 3.05) is 7.05 Å². The van der Waals surface area contributed by atoms with Crippen molar-refractivity contribution in [1.29, 1.82) is 0 Å². The van der Waals surface area contributed by atoms with Crippen LogP contribution in [0.15, 0.2) is 18.2 Å². The summed E-state index contributed by atoms with van der Waals surface area (Å²) in [6.07, 6.45) is 2.31. The molecule has 6 heteroatoms. The first kappa shape index (κ1) is 17.4. The Hall–Kier alpha value is -1.98. The van der Waals surface area contributed by atoms with Crippen LogP contribution in [0.5, 0.6) is 0 Å². The first-order valence-corrected chi connectivity index (χ1v) is 7.75. The topological polar surface area (TPSA) is 57.6 Å². The highest BCUT2D eigenvalue weighted by molar-refractivity contribution is 5.80. The summed E-state index contributed by atoms with van der Waals surface area (Å²) in [5.41, 5.74) is 0.505. The molecule has 3 unspecified atom stereocenters. The van der Waals surface area contributed by atoms with Crippen molar-refractivity contribution >= 4 is 11.9 Å². The average Bonchev–Trinajstić information content (AvgIpc) is 2.55. The van der Waals surface area contributed by atoms with Crippen molar-refractivity contribution in [3.8, 4) is 0 Å². The van der Waals surface area contributed by atoms with E-state index in [9.17, 15) is 18.4 Å². The first-order chi connectivity index (χ1) is 10.8. The van der Waals surface area contributed by atoms with E-state index in [4.69, 9.17) is 5.11 Å². The summed E-state index contributed by atoms with van der Waals surface area (Å²) in [6, 6.07) is 3.17. The van der Waals surface area contributed by atoms with Gasteiger partial charge in [-0.3, -0.25) is 9.59 Å². The Morgan fingerprint density at radius 2 is 1.87 bits per heavy atom. The van der Waals surface area contributed by atoms with Gasteiger partial charge in [-0.1, -0.05) is 12.5 Å². The summed E-state index contributed by atoms with van der Waals surface area (Å²) in [6.45, 7) is 1.74. The number of rotatable bonds is 4. The Bertz CT molecular complexity index is 606. The van der Waals surface area contributed by atoms with Crippen LogP contribution in [0.2, 0.25) is 0 Å². The Morgan fingerprint density at radius 1 is 1.22 bits per heavy atom. The molecule has 0 aromatic heterocycles. The van der Waals surface area contributed by atoms with Crippen LogP contribution in [-0.4, -0.2) is 28.9 Å². The zero-order valence-electron chi connectivity index (χ0n) is 13.3. The van der Waals surface area contributed by atoms with Gasteiger partial charge in [-0.15, -0.1) is 0 Å². The van der Waals surface area contributed by atoms with E-state index < -0.39 is 29.6 Å². The molecule has 1 N–H and O–H groups in total. The third-order valence-electron chi connectivity index (χ3n) is 4.73. The summed E-state index contributed by atoms with van der Waals surface area (Å²) < 4.78 is 26.4. The summed E-state index contributed by atoms with van der Waals surface area (Å²) >= 11 is 0. The third kappa shape index (κ3) is 3.86. The van der Waals surface area contributed by atoms with Crippen LogP contribution in [0.3, 0.4) is 0 Å². The zero-order chi connectivity index (χ0) is 17.1. The number of hydrogen-bond donors (Lipinski definition) is 1. The van der Waals surface area contributed by atoms with Crippen LogP contribution >= 0.6 is 0 Å². The Morgan fingerprint density at radius 3 is 2.48 bits per heavy atom. The van der Waals surface area contributed by atoms with E-state index in [0.717, 1.165) is 12.1 Å². The molecule has 1 amide bonds. The zero-order valence-corrected chi connectivity index (χ0v) is 13.3. The largest absolute Gasteiger partial charge is 0.481 e. The highest BCUT2D eigenvalue weighted by Crippen LogP contribution is 2.32. The smallest absolute Gasteiger partial charge is 0.306 e. The molecule has 0 heterocycles. The van der Waals surface area contributed by atoms with Gasteiger partial charge in [-0.25, -0.2) is 8.78 Å². The molecule has 3 atom stereocenters. The van der Waals surface area contributed by atoms with Gasteiger partial charge in [0, 0.05) is 13.0 Å². The molecule has 1 aliphatic carbocycles. The number of carboxylic acids is 1. The maximum Gasteiger partial charge on any atom is 0.306 e. The lowest BCUT2D eigenvalue weighted by molar-refractivity contribution is -0.145. The fourth-order valence-corrected chi connectivity index (χ4v) is 3.11. The van der Waals surface area contributed by atoms with Gasteiger partial charge in [0.25, 0.3) is 0 Å². The van der Waals surface area contributed by atoms with Crippen LogP contribution in [0.25, 0.3) is 0 Å². The van der Waals surface area contributed by atoms with Crippen molar-refractivity contribution in [3.05, 3.63) is 35.4 Å². The van der Waals surface area contributed by atoms with Gasteiger partial charge in [0.15, 0.2) is 11.6 Å². The van der Waals surface area contributed by atoms with Crippen molar-refractivity contribution in [3.63, 3.8) is 0 Å². The molecule has 0 aliphatic heterocycles. The molecule has 1 aromatic carbocycles. The Kier molecular flexibility index (Phi) is 5.34. The Labute approximate surface area is 134 Å². The average molecular weight is 325 g/mol. The maximum atomic E-state index is 13.4. The number of hydrogen-bond acceptors (Lipinski definition) is 2. The highest BCUT2D eigenvalue weighted by Gasteiger charge is 2.33. The van der Waals surface area contributed by atoms with Crippen molar-refractivity contribution in [1.82, 2.24) is 4.90 Å². The lowest BCUT2D eigenvalue weighted by Gasteiger charge is -2.32. The maximum absolute atomic E-state index is 13.4. The van der Waals surface area contributed by atoms with Gasteiger partial charge in [-0.2, -0.15) is 0 Å². The minimum absolute atomic E-state index is 0.145. The molecule has 2 rings (SSSR count). The van der Waals surface area contributed by atoms with E-state index in [0.29, 0.717) is 31.2 Å². The lowest BCUT2D eigenvalue weighted by atomic mass is 9.80. The van der Waals surface area contributed by atoms with Crippen LogP contribution in [0, 0.1) is 23.5 Å². The molecule has 0 radical (unpaired) electrons. The minimum atomic E-state index is -0.946. The van der Waals surface area contributed by atoms with Gasteiger partial charge in [0.2, 0.25) is 5.91 Å². The summed E-state index contributed by atoms with van der Waals surface area (Å²) in [5.74, 6) is -3.69. The molecule has 1 aliphatic rings. The normalized spacial score (nSPS) is 22.4. The molecular weight excluding hydrogens is 304 g/mol. The number of aliphatic carboxylic acids is 1. The van der Waals surface area contributed by atoms with Gasteiger partial charge in [0.1, 0.15) is 0 Å². The van der Waals surface area contributed by atoms with Crippen molar-refractivity contribution in [2.45, 2.75) is 38.6 Å². The van der Waals surface area contributed by atoms with Crippen LogP contribution in [-0.2, 0) is 9.59 Å². The van der Waals surface area contributed by atoms with Gasteiger partial charge >= 0.3 is 5.97 Å². The Balaban J connectivity index is 2.08. The van der Waals surface area contributed by atoms with Crippen LogP contribution in [0.4, 0.5) is 8.78 Å². The van der Waals surface area contributed by atoms with E-state index in [1.807, 2.05) is 0 Å². The van der Waals surface area contributed by atoms with E-state index in [-0.39, 0.29) is 11.8 Å². The number of carboxylic acid groups (broad SMARTS) is 1. The number of carbonyl (C=O) groups excluding carboxylic acids is 1. The van der Waals surface area contributed by atoms with E-state index >= 15 is 0 Å². The second kappa shape index (κ2) is 7.06. The standard InChI is InChI=1S/C17H21F2NO3/c1-10(11-6-7-14(18)15(19)9-11)20(2)16(21)12-4-3-5-13(8-12)17(22)23/h6-7,9-10,12-13H,3-5,8H2,1-2H3,(H,22,23).